The van der Waals surface area contributed by atoms with Crippen LogP contribution < -0.4 is 24.8 Å². The molecule has 0 amide bonds. The van der Waals surface area contributed by atoms with Crippen LogP contribution in [0.3, 0.4) is 0 Å². The Balaban J connectivity index is -0.000000216. The van der Waals surface area contributed by atoms with E-state index in [1.807, 2.05) is 109 Å². The maximum Gasteiger partial charge on any atom is 0 e. The number of benzene rings is 3. The molecule has 3 heteroatoms. The number of hydrogen-bond donors (Lipinski definition) is 0. The van der Waals surface area contributed by atoms with Crippen LogP contribution in [-0.4, -0.2) is 24.4 Å². The molecule has 0 fully saturated rings. The third-order valence-electron chi connectivity index (χ3n) is 2.00. The topological polar surface area (TPSA) is 0 Å². The number of hydrogen-bond acceptors (Lipinski definition) is 0. The van der Waals surface area contributed by atoms with Crippen molar-refractivity contribution < 1.29 is 24.8 Å². The van der Waals surface area contributed by atoms with Gasteiger partial charge in [0.05, 0.1) is 0 Å². The van der Waals surface area contributed by atoms with Gasteiger partial charge in [-0.15, -0.1) is 0 Å². The molecule has 3 aromatic rings. The van der Waals surface area contributed by atoms with Crippen LogP contribution in [0, 0.1) is 0 Å². The van der Waals surface area contributed by atoms with Crippen LogP contribution in [0.2, 0.25) is 0 Å². The van der Waals surface area contributed by atoms with Crippen molar-refractivity contribution in [3.63, 3.8) is 0 Å². The SMILES string of the molecule is [Cl-].[Cl-].[Sb].c1ccccc1.c1ccccc1.c1ccccc1. The molecule has 0 nitrogen and oxygen atoms in total. The van der Waals surface area contributed by atoms with Gasteiger partial charge in [0.25, 0.3) is 0 Å². The molecule has 111 valence electrons. The summed E-state index contributed by atoms with van der Waals surface area (Å²) in [4.78, 5) is 0. The summed E-state index contributed by atoms with van der Waals surface area (Å²) >= 11 is 0. The Morgan fingerprint density at radius 2 is 0.238 bits per heavy atom. The molecule has 0 heterocycles. The standard InChI is InChI=1S/3C6H6.2ClH.Sb/c3*1-2-4-6-5-3-1;;;/h3*1-6H;2*1H;/p-2. The maximum atomic E-state index is 2.00. The second-order valence-electron chi connectivity index (χ2n) is 3.46. The first kappa shape index (κ1) is 25.0. The smallest absolute Gasteiger partial charge is 0 e. The molecule has 0 spiro atoms. The zero-order valence-electron chi connectivity index (χ0n) is 11.6. The van der Waals surface area contributed by atoms with Gasteiger partial charge in [0.2, 0.25) is 0 Å². The minimum Gasteiger partial charge on any atom is -1.00 e. The Morgan fingerprint density at radius 3 is 0.286 bits per heavy atom. The average Bonchev–Trinajstić information content (AvgIpc) is 2.54. The second-order valence-corrected chi connectivity index (χ2v) is 3.46. The van der Waals surface area contributed by atoms with Gasteiger partial charge in [0.1, 0.15) is 0 Å². The summed E-state index contributed by atoms with van der Waals surface area (Å²) in [5, 5.41) is 0. The van der Waals surface area contributed by atoms with E-state index in [0.29, 0.717) is 0 Å². The van der Waals surface area contributed by atoms with E-state index >= 15 is 0 Å². The molecule has 0 aliphatic heterocycles. The molecule has 0 aliphatic carbocycles. The fourth-order valence-corrected chi connectivity index (χ4v) is 1.15. The summed E-state index contributed by atoms with van der Waals surface area (Å²) in [5.41, 5.74) is 0. The van der Waals surface area contributed by atoms with Crippen molar-refractivity contribution in [1.29, 1.82) is 0 Å². The van der Waals surface area contributed by atoms with Gasteiger partial charge in [-0.25, -0.2) is 0 Å². The molecule has 0 aliphatic rings. The quantitative estimate of drug-likeness (QED) is 0.391. The van der Waals surface area contributed by atoms with Crippen molar-refractivity contribution in [3.8, 4) is 0 Å². The summed E-state index contributed by atoms with van der Waals surface area (Å²) in [7, 11) is 0. The van der Waals surface area contributed by atoms with Gasteiger partial charge in [-0.1, -0.05) is 109 Å². The molecule has 0 N–H and O–H groups in total. The fourth-order valence-electron chi connectivity index (χ4n) is 1.15. The monoisotopic (exact) mass is 425 g/mol. The Morgan fingerprint density at radius 1 is 0.190 bits per heavy atom. The third-order valence-corrected chi connectivity index (χ3v) is 2.00. The Hall–Kier alpha value is -0.942. The molecule has 3 rings (SSSR count). The van der Waals surface area contributed by atoms with Gasteiger partial charge in [-0.2, -0.15) is 0 Å². The predicted octanol–water partition coefficient (Wildman–Crippen LogP) is -1.31. The Kier molecular flexibility index (Phi) is 25.5. The summed E-state index contributed by atoms with van der Waals surface area (Å²) < 4.78 is 0. The van der Waals surface area contributed by atoms with Crippen molar-refractivity contribution in [3.05, 3.63) is 109 Å². The maximum absolute atomic E-state index is 2.00. The molecule has 0 aromatic heterocycles. The first-order valence-corrected chi connectivity index (χ1v) is 6.00. The van der Waals surface area contributed by atoms with E-state index in [9.17, 15) is 0 Å². The fraction of sp³-hybridized carbons (Fsp3) is 0. The molecular formula is C18H18Cl2Sb-2. The largest absolute Gasteiger partial charge is 1.00 e. The van der Waals surface area contributed by atoms with Gasteiger partial charge in [-0.05, 0) is 0 Å². The van der Waals surface area contributed by atoms with Gasteiger partial charge >= 0.3 is 0 Å². The van der Waals surface area contributed by atoms with Crippen LogP contribution >= 0.6 is 0 Å². The molecule has 21 heavy (non-hydrogen) atoms. The molecule has 0 atom stereocenters. The molecule has 3 aromatic carbocycles. The van der Waals surface area contributed by atoms with Crippen LogP contribution in [0.5, 0.6) is 0 Å². The van der Waals surface area contributed by atoms with E-state index in [1.165, 1.54) is 0 Å². The molecule has 3 radical (unpaired) electrons. The predicted molar refractivity (Wildman–Crippen MR) is 85.1 cm³/mol. The van der Waals surface area contributed by atoms with E-state index < -0.39 is 0 Å². The van der Waals surface area contributed by atoms with Crippen molar-refractivity contribution >= 4 is 24.4 Å². The van der Waals surface area contributed by atoms with Gasteiger partial charge < -0.3 is 24.8 Å². The minimum atomic E-state index is 0. The van der Waals surface area contributed by atoms with Crippen molar-refractivity contribution in [2.24, 2.45) is 0 Å². The first-order chi connectivity index (χ1) is 9.00. The van der Waals surface area contributed by atoms with Crippen LogP contribution in [0.4, 0.5) is 0 Å². The van der Waals surface area contributed by atoms with Crippen LogP contribution in [0.1, 0.15) is 0 Å². The summed E-state index contributed by atoms with van der Waals surface area (Å²) in [6, 6.07) is 36.0. The van der Waals surface area contributed by atoms with E-state index in [1.54, 1.807) is 0 Å². The first-order valence-electron chi connectivity index (χ1n) is 6.00. The van der Waals surface area contributed by atoms with Crippen LogP contribution in [-0.2, 0) is 0 Å². The van der Waals surface area contributed by atoms with E-state index in [-0.39, 0.29) is 49.2 Å². The second kappa shape index (κ2) is 21.4. The third kappa shape index (κ3) is 19.1. The minimum absolute atomic E-state index is 0. The van der Waals surface area contributed by atoms with Crippen LogP contribution in [0.25, 0.3) is 0 Å². The molecular weight excluding hydrogens is 409 g/mol. The molecule has 0 bridgehead atoms. The van der Waals surface area contributed by atoms with Crippen molar-refractivity contribution in [2.75, 3.05) is 0 Å². The van der Waals surface area contributed by atoms with E-state index in [2.05, 4.69) is 0 Å². The molecule has 0 saturated heterocycles. The molecule has 0 unspecified atom stereocenters. The summed E-state index contributed by atoms with van der Waals surface area (Å²) in [6.07, 6.45) is 0. The van der Waals surface area contributed by atoms with Crippen LogP contribution in [0.15, 0.2) is 109 Å². The van der Waals surface area contributed by atoms with Gasteiger partial charge in [0, 0.05) is 24.4 Å². The average molecular weight is 427 g/mol. The van der Waals surface area contributed by atoms with Gasteiger partial charge in [0.15, 0.2) is 0 Å². The normalized spacial score (nSPS) is 6.86. The Bertz CT molecular complexity index is 306. The van der Waals surface area contributed by atoms with E-state index in [0.717, 1.165) is 0 Å². The van der Waals surface area contributed by atoms with Crippen molar-refractivity contribution in [2.45, 2.75) is 0 Å². The summed E-state index contributed by atoms with van der Waals surface area (Å²) in [6.45, 7) is 0. The zero-order chi connectivity index (χ0) is 12.7. The Labute approximate surface area is 157 Å². The van der Waals surface area contributed by atoms with Gasteiger partial charge in [-0.3, -0.25) is 0 Å². The summed E-state index contributed by atoms with van der Waals surface area (Å²) in [5.74, 6) is 0. The molecule has 0 saturated carbocycles. The van der Waals surface area contributed by atoms with E-state index in [4.69, 9.17) is 0 Å². The number of halogens is 2. The van der Waals surface area contributed by atoms with Crippen molar-refractivity contribution in [1.82, 2.24) is 0 Å². The zero-order valence-corrected chi connectivity index (χ0v) is 15.7. The number of rotatable bonds is 0.